The molecule has 18 heavy (non-hydrogen) atoms. The zero-order valence-corrected chi connectivity index (χ0v) is 16.7. The molecule has 0 radical (unpaired) electrons. The smallest absolute Gasteiger partial charge is 3.00 e. The van der Waals surface area contributed by atoms with Crippen LogP contribution in [0.1, 0.15) is 0 Å². The van der Waals surface area contributed by atoms with Crippen LogP contribution in [0.5, 0.6) is 0 Å². The van der Waals surface area contributed by atoms with Crippen molar-refractivity contribution in [1.29, 1.82) is 0 Å². The first-order valence-corrected chi connectivity index (χ1v) is 9.03. The van der Waals surface area contributed by atoms with E-state index >= 15 is 0 Å². The second kappa shape index (κ2) is 31.6. The molecule has 0 aromatic heterocycles. The standard InChI is InChI=1S/Li.12O.4V.Y/q+1;;;;;;;;;4*-1;;;;;+3. The Kier molecular flexibility index (Phi) is 64.9. The molecule has 0 aliphatic carbocycles. The van der Waals surface area contributed by atoms with Gasteiger partial charge in [0.2, 0.25) is 0 Å². The zero-order chi connectivity index (χ0) is 14.3. The third kappa shape index (κ3) is 1050. The maximum Gasteiger partial charge on any atom is 3.00 e. The molecule has 0 saturated carbocycles. The first-order valence-electron chi connectivity index (χ1n) is 2.19. The van der Waals surface area contributed by atoms with Gasteiger partial charge in [-0.05, 0) is 0 Å². The van der Waals surface area contributed by atoms with Crippen LogP contribution in [-0.2, 0) is 124 Å². The van der Waals surface area contributed by atoms with Crippen molar-refractivity contribution in [3.63, 3.8) is 0 Å². The van der Waals surface area contributed by atoms with Crippen molar-refractivity contribution in [3.8, 4) is 0 Å². The van der Waals surface area contributed by atoms with Crippen molar-refractivity contribution in [2.45, 2.75) is 0 Å². The van der Waals surface area contributed by atoms with Crippen molar-refractivity contribution in [2.75, 3.05) is 0 Å². The van der Waals surface area contributed by atoms with Gasteiger partial charge in [0.25, 0.3) is 0 Å². The minimum absolute atomic E-state index is 0. The van der Waals surface area contributed by atoms with Gasteiger partial charge in [0.05, 0.1) is 0 Å². The van der Waals surface area contributed by atoms with Crippen LogP contribution in [0.15, 0.2) is 0 Å². The summed E-state index contributed by atoms with van der Waals surface area (Å²) in [6, 6.07) is 0. The molecular formula is LiO12V4Y. The van der Waals surface area contributed by atoms with E-state index in [-0.39, 0.29) is 51.6 Å². The van der Waals surface area contributed by atoms with E-state index in [0.29, 0.717) is 0 Å². The fraction of sp³-hybridized carbons (Fsp3) is 0. The van der Waals surface area contributed by atoms with Gasteiger partial charge in [0, 0.05) is 0 Å². The summed E-state index contributed by atoms with van der Waals surface area (Å²) in [5, 5.41) is 0. The molecule has 0 aromatic rings. The molecule has 0 rings (SSSR count). The van der Waals surface area contributed by atoms with E-state index in [1.54, 1.807) is 0 Å². The Bertz CT molecular complexity index is 298. The van der Waals surface area contributed by atoms with Gasteiger partial charge in [-0.3, -0.25) is 0 Å². The van der Waals surface area contributed by atoms with Crippen LogP contribution >= 0.6 is 0 Å². The second-order valence-electron chi connectivity index (χ2n) is 0.894. The van der Waals surface area contributed by atoms with Crippen LogP contribution in [-0.4, -0.2) is 0 Å². The molecule has 0 heterocycles. The van der Waals surface area contributed by atoms with E-state index in [0.717, 1.165) is 0 Å². The third-order valence-electron chi connectivity index (χ3n) is 0. The molecule has 18 heteroatoms. The van der Waals surface area contributed by atoms with E-state index in [1.165, 1.54) is 0 Å². The Morgan fingerprint density at radius 3 is 0.444 bits per heavy atom. The van der Waals surface area contributed by atoms with Crippen LogP contribution in [0.2, 0.25) is 0 Å². The van der Waals surface area contributed by atoms with Crippen LogP contribution in [0.4, 0.5) is 0 Å². The molecule has 0 unspecified atom stereocenters. The molecular weight excluding hydrogens is 492 g/mol. The number of rotatable bonds is 0. The summed E-state index contributed by atoms with van der Waals surface area (Å²) in [7, 11) is 0. The Balaban J connectivity index is -0.0000000257. The van der Waals surface area contributed by atoms with Gasteiger partial charge >= 0.3 is 159 Å². The van der Waals surface area contributed by atoms with E-state index < -0.39 is 61.6 Å². The Labute approximate surface area is 156 Å². The van der Waals surface area contributed by atoms with E-state index in [9.17, 15) is 0 Å². The summed E-state index contributed by atoms with van der Waals surface area (Å²) >= 11 is -15.8. The average molecular weight is 492 g/mol. The fourth-order valence-corrected chi connectivity index (χ4v) is 0. The van der Waals surface area contributed by atoms with Crippen molar-refractivity contribution in [2.24, 2.45) is 0 Å². The molecule has 0 bridgehead atoms. The maximum absolute atomic E-state index is 8.56. The first kappa shape index (κ1) is 37.0. The van der Waals surface area contributed by atoms with E-state index in [2.05, 4.69) is 0 Å². The van der Waals surface area contributed by atoms with Crippen molar-refractivity contribution in [1.82, 2.24) is 0 Å². The average Bonchev–Trinajstić information content (AvgIpc) is 1.76. The number of hydrogen-bond donors (Lipinski definition) is 0. The monoisotopic (exact) mass is 492 g/mol. The Morgan fingerprint density at radius 2 is 0.444 bits per heavy atom. The molecule has 12 nitrogen and oxygen atoms in total. The van der Waals surface area contributed by atoms with Crippen LogP contribution in [0.25, 0.3) is 0 Å². The quantitative estimate of drug-likeness (QED) is 0.287. The normalized spacial score (nSPS) is 5.56. The summed E-state index contributed by atoms with van der Waals surface area (Å²) in [6.45, 7) is 0. The zero-order valence-electron chi connectivity index (χ0n) is 8.27. The van der Waals surface area contributed by atoms with Crippen molar-refractivity contribution < 1.29 is 159 Å². The Morgan fingerprint density at radius 1 is 0.444 bits per heavy atom. The molecule has 96 valence electrons. The topological polar surface area (TPSA) is 229 Å². The SMILES string of the molecule is [Li+].[O]=[V](=[O])[O-].[O]=[V](=[O])[O-].[O]=[V](=[O])[O-].[O]=[V](=[O])[O-].[Y+3]. The minimum Gasteiger partial charge on any atom is 3.00 e. The third-order valence-corrected chi connectivity index (χ3v) is 0. The molecule has 0 amide bonds. The summed E-state index contributed by atoms with van der Waals surface area (Å²) in [5.74, 6) is 0. The minimum atomic E-state index is -3.94. The predicted octanol–water partition coefficient (Wildman–Crippen LogP) is -8.71. The molecule has 0 fully saturated rings. The summed E-state index contributed by atoms with van der Waals surface area (Å²) in [5.41, 5.74) is 0. The molecule has 0 saturated heterocycles. The van der Waals surface area contributed by atoms with Gasteiger partial charge < -0.3 is 0 Å². The van der Waals surface area contributed by atoms with Gasteiger partial charge in [0.15, 0.2) is 0 Å². The molecule has 0 atom stereocenters. The predicted molar refractivity (Wildman–Crippen MR) is 5.49 cm³/mol. The Hall–Kier alpha value is 2.28. The van der Waals surface area contributed by atoms with E-state index in [4.69, 9.17) is 45.5 Å². The molecule has 0 aromatic carbocycles. The summed E-state index contributed by atoms with van der Waals surface area (Å²) in [4.78, 5) is 0. The fourth-order valence-electron chi connectivity index (χ4n) is 0. The molecule has 0 spiro atoms. The van der Waals surface area contributed by atoms with Gasteiger partial charge in [0.1, 0.15) is 0 Å². The molecule has 0 aliphatic rings. The number of hydrogen-bond acceptors (Lipinski definition) is 12. The molecule has 0 aliphatic heterocycles. The summed E-state index contributed by atoms with van der Waals surface area (Å²) in [6.07, 6.45) is 0. The van der Waals surface area contributed by atoms with Crippen LogP contribution in [0.3, 0.4) is 0 Å². The van der Waals surface area contributed by atoms with Gasteiger partial charge in [-0.2, -0.15) is 0 Å². The van der Waals surface area contributed by atoms with Gasteiger partial charge in [-0.25, -0.2) is 0 Å². The first-order chi connectivity index (χ1) is 6.93. The van der Waals surface area contributed by atoms with Crippen molar-refractivity contribution in [3.05, 3.63) is 0 Å². The van der Waals surface area contributed by atoms with Gasteiger partial charge in [-0.15, -0.1) is 0 Å². The largest absolute Gasteiger partial charge is 3.00 e. The van der Waals surface area contributed by atoms with Crippen LogP contribution in [0, 0.1) is 0 Å². The van der Waals surface area contributed by atoms with Gasteiger partial charge in [-0.1, -0.05) is 0 Å². The van der Waals surface area contributed by atoms with Crippen molar-refractivity contribution >= 4 is 0 Å². The maximum atomic E-state index is 8.56. The van der Waals surface area contributed by atoms with E-state index in [1.807, 2.05) is 0 Å². The second-order valence-corrected chi connectivity index (χ2v) is 3.69. The summed E-state index contributed by atoms with van der Waals surface area (Å²) < 4.78 is 103. The molecule has 0 N–H and O–H groups in total. The van der Waals surface area contributed by atoms with Crippen LogP contribution < -0.4 is 35.0 Å².